The van der Waals surface area contributed by atoms with Crippen molar-refractivity contribution in [3.63, 3.8) is 0 Å². The van der Waals surface area contributed by atoms with Crippen LogP contribution in [-0.2, 0) is 0 Å². The van der Waals surface area contributed by atoms with Crippen molar-refractivity contribution in [2.75, 3.05) is 0 Å². The molecule has 0 aliphatic heterocycles. The Morgan fingerprint density at radius 3 is 2.82 bits per heavy atom. The zero-order valence-corrected chi connectivity index (χ0v) is 10.3. The van der Waals surface area contributed by atoms with Crippen molar-refractivity contribution in [2.45, 2.75) is 13.8 Å². The Morgan fingerprint density at radius 2 is 2.12 bits per heavy atom. The number of aromatic nitrogens is 2. The molecule has 0 bridgehead atoms. The number of hydrogen-bond donors (Lipinski definition) is 1. The highest BCUT2D eigenvalue weighted by Gasteiger charge is 2.12. The number of halogens is 1. The van der Waals surface area contributed by atoms with E-state index in [0.29, 0.717) is 5.22 Å². The number of H-pyrrole nitrogens is 1. The van der Waals surface area contributed by atoms with Gasteiger partial charge in [0.05, 0.1) is 22.9 Å². The molecule has 0 radical (unpaired) electrons. The van der Waals surface area contributed by atoms with Crippen LogP contribution >= 0.6 is 11.6 Å². The van der Waals surface area contributed by atoms with E-state index in [1.54, 1.807) is 6.26 Å². The molecular weight excluding hydrogens is 236 g/mol. The Kier molecular flexibility index (Phi) is 2.23. The Morgan fingerprint density at radius 1 is 1.29 bits per heavy atom. The van der Waals surface area contributed by atoms with Gasteiger partial charge in [0.1, 0.15) is 5.82 Å². The molecule has 1 aromatic carbocycles. The van der Waals surface area contributed by atoms with Gasteiger partial charge in [-0.3, -0.25) is 0 Å². The predicted molar refractivity (Wildman–Crippen MR) is 68.3 cm³/mol. The number of fused-ring (bicyclic) bond motifs is 1. The molecule has 3 rings (SSSR count). The predicted octanol–water partition coefficient (Wildman–Crippen LogP) is 4.09. The smallest absolute Gasteiger partial charge is 0.203 e. The first kappa shape index (κ1) is 10.4. The topological polar surface area (TPSA) is 41.8 Å². The summed E-state index contributed by atoms with van der Waals surface area (Å²) in [5, 5.41) is 0.360. The zero-order valence-electron chi connectivity index (χ0n) is 9.54. The molecule has 17 heavy (non-hydrogen) atoms. The summed E-state index contributed by atoms with van der Waals surface area (Å²) < 4.78 is 5.07. The lowest BCUT2D eigenvalue weighted by molar-refractivity contribution is 0.570. The second-order valence-corrected chi connectivity index (χ2v) is 4.51. The van der Waals surface area contributed by atoms with Gasteiger partial charge in [-0.15, -0.1) is 0 Å². The molecule has 4 heteroatoms. The van der Waals surface area contributed by atoms with Crippen LogP contribution in [0.1, 0.15) is 11.1 Å². The maximum absolute atomic E-state index is 5.95. The highest BCUT2D eigenvalue weighted by molar-refractivity contribution is 6.31. The van der Waals surface area contributed by atoms with Crippen LogP contribution in [0.25, 0.3) is 22.4 Å². The Bertz CT molecular complexity index is 697. The van der Waals surface area contributed by atoms with Crippen LogP contribution < -0.4 is 0 Å². The summed E-state index contributed by atoms with van der Waals surface area (Å²) in [6.45, 7) is 4.12. The fraction of sp³-hybridized carbons (Fsp3) is 0.154. The van der Waals surface area contributed by atoms with E-state index < -0.39 is 0 Å². The van der Waals surface area contributed by atoms with E-state index in [1.165, 1.54) is 5.56 Å². The lowest BCUT2D eigenvalue weighted by Crippen LogP contribution is -1.79. The van der Waals surface area contributed by atoms with Crippen molar-refractivity contribution in [3.8, 4) is 11.4 Å². The summed E-state index contributed by atoms with van der Waals surface area (Å²) in [5.74, 6) is 0.743. The average molecular weight is 247 g/mol. The van der Waals surface area contributed by atoms with Gasteiger partial charge in [0, 0.05) is 0 Å². The van der Waals surface area contributed by atoms with Crippen LogP contribution in [0.2, 0.25) is 5.22 Å². The molecule has 0 aliphatic rings. The molecule has 0 saturated heterocycles. The molecule has 0 aliphatic carbocycles. The van der Waals surface area contributed by atoms with Crippen molar-refractivity contribution >= 4 is 22.6 Å². The van der Waals surface area contributed by atoms with Crippen LogP contribution in [0.3, 0.4) is 0 Å². The van der Waals surface area contributed by atoms with Crippen molar-refractivity contribution in [1.82, 2.24) is 9.97 Å². The van der Waals surface area contributed by atoms with Crippen molar-refractivity contribution < 1.29 is 4.42 Å². The number of benzene rings is 1. The lowest BCUT2D eigenvalue weighted by Gasteiger charge is -1.96. The first-order valence-corrected chi connectivity index (χ1v) is 5.73. The molecule has 0 saturated carbocycles. The normalized spacial score (nSPS) is 11.2. The van der Waals surface area contributed by atoms with E-state index in [1.807, 2.05) is 6.07 Å². The zero-order chi connectivity index (χ0) is 12.0. The van der Waals surface area contributed by atoms with Gasteiger partial charge in [-0.25, -0.2) is 4.98 Å². The van der Waals surface area contributed by atoms with E-state index >= 15 is 0 Å². The molecular formula is C13H11ClN2O. The fourth-order valence-corrected chi connectivity index (χ4v) is 2.27. The minimum Gasteiger partial charge on any atom is -0.452 e. The Labute approximate surface area is 103 Å². The van der Waals surface area contributed by atoms with Gasteiger partial charge in [-0.05, 0) is 48.7 Å². The summed E-state index contributed by atoms with van der Waals surface area (Å²) in [4.78, 5) is 7.82. The summed E-state index contributed by atoms with van der Waals surface area (Å²) in [7, 11) is 0. The van der Waals surface area contributed by atoms with Gasteiger partial charge >= 0.3 is 0 Å². The molecule has 0 spiro atoms. The van der Waals surface area contributed by atoms with Crippen LogP contribution in [-0.4, -0.2) is 9.97 Å². The lowest BCUT2D eigenvalue weighted by atomic mass is 10.1. The van der Waals surface area contributed by atoms with Crippen LogP contribution in [0, 0.1) is 13.8 Å². The number of rotatable bonds is 1. The monoisotopic (exact) mass is 246 g/mol. The molecule has 86 valence electrons. The summed E-state index contributed by atoms with van der Waals surface area (Å²) in [6, 6.07) is 6.00. The molecule has 2 heterocycles. The molecule has 0 fully saturated rings. The Balaban J connectivity index is 2.27. The van der Waals surface area contributed by atoms with Crippen LogP contribution in [0.4, 0.5) is 0 Å². The average Bonchev–Trinajstić information content (AvgIpc) is 2.83. The number of nitrogens with one attached hydrogen (secondary N) is 1. The number of furan rings is 1. The molecule has 2 aromatic heterocycles. The first-order valence-electron chi connectivity index (χ1n) is 5.35. The molecule has 3 nitrogen and oxygen atoms in total. The fourth-order valence-electron chi connectivity index (χ4n) is 2.06. The molecule has 0 amide bonds. The van der Waals surface area contributed by atoms with E-state index in [-0.39, 0.29) is 0 Å². The van der Waals surface area contributed by atoms with E-state index in [2.05, 4.69) is 35.9 Å². The SMILES string of the molecule is Cc1cc(C)c2nc(-c3ccoc3Cl)[nH]c2c1. The number of aromatic amines is 1. The van der Waals surface area contributed by atoms with E-state index in [4.69, 9.17) is 16.0 Å². The van der Waals surface area contributed by atoms with Crippen molar-refractivity contribution in [1.29, 1.82) is 0 Å². The molecule has 0 atom stereocenters. The van der Waals surface area contributed by atoms with Gasteiger partial charge in [0.15, 0.2) is 0 Å². The van der Waals surface area contributed by atoms with Gasteiger partial charge < -0.3 is 9.40 Å². The van der Waals surface area contributed by atoms with Gasteiger partial charge in [0.2, 0.25) is 5.22 Å². The highest BCUT2D eigenvalue weighted by atomic mass is 35.5. The minimum absolute atomic E-state index is 0.360. The number of aryl methyl sites for hydroxylation is 2. The number of nitrogens with zero attached hydrogens (tertiary/aromatic N) is 1. The first-order chi connectivity index (χ1) is 8.15. The number of hydrogen-bond acceptors (Lipinski definition) is 2. The Hall–Kier alpha value is -1.74. The molecule has 0 unspecified atom stereocenters. The summed E-state index contributed by atoms with van der Waals surface area (Å²) in [6.07, 6.45) is 1.56. The molecule has 3 aromatic rings. The van der Waals surface area contributed by atoms with Crippen LogP contribution in [0.5, 0.6) is 0 Å². The largest absolute Gasteiger partial charge is 0.452 e. The van der Waals surface area contributed by atoms with Gasteiger partial charge in [-0.2, -0.15) is 0 Å². The van der Waals surface area contributed by atoms with Gasteiger partial charge in [0.25, 0.3) is 0 Å². The van der Waals surface area contributed by atoms with Crippen molar-refractivity contribution in [3.05, 3.63) is 40.8 Å². The third kappa shape index (κ3) is 1.63. The van der Waals surface area contributed by atoms with Crippen molar-refractivity contribution in [2.24, 2.45) is 0 Å². The highest BCUT2D eigenvalue weighted by Crippen LogP contribution is 2.29. The maximum Gasteiger partial charge on any atom is 0.203 e. The maximum atomic E-state index is 5.95. The third-order valence-electron chi connectivity index (χ3n) is 2.79. The second kappa shape index (κ2) is 3.64. The summed E-state index contributed by atoms with van der Waals surface area (Å²) >= 11 is 5.95. The number of imidazole rings is 1. The van der Waals surface area contributed by atoms with E-state index in [0.717, 1.165) is 28.0 Å². The summed E-state index contributed by atoms with van der Waals surface area (Å²) in [5.41, 5.74) is 5.16. The quantitative estimate of drug-likeness (QED) is 0.703. The minimum atomic E-state index is 0.360. The van der Waals surface area contributed by atoms with E-state index in [9.17, 15) is 0 Å². The second-order valence-electron chi connectivity index (χ2n) is 4.17. The molecule has 1 N–H and O–H groups in total. The van der Waals surface area contributed by atoms with Gasteiger partial charge in [-0.1, -0.05) is 6.07 Å². The third-order valence-corrected chi connectivity index (χ3v) is 3.09. The van der Waals surface area contributed by atoms with Crippen LogP contribution in [0.15, 0.2) is 28.9 Å². The standard InChI is InChI=1S/C13H11ClN2O/c1-7-5-8(2)11-10(6-7)15-13(16-11)9-3-4-17-12(9)14/h3-6H,1-2H3,(H,15,16).